The molecule has 110 valence electrons. The lowest BCUT2D eigenvalue weighted by Crippen LogP contribution is -2.40. The van der Waals surface area contributed by atoms with Gasteiger partial charge in [0.15, 0.2) is 5.03 Å². The molecule has 0 N–H and O–H groups in total. The van der Waals surface area contributed by atoms with Gasteiger partial charge in [-0.1, -0.05) is 27.5 Å². The minimum atomic E-state index is -4.64. The number of aryl methyl sites for hydroxylation is 1. The lowest BCUT2D eigenvalue weighted by atomic mass is 10.6. The normalized spacial score (nSPS) is 13.2. The van der Waals surface area contributed by atoms with E-state index >= 15 is 0 Å². The third kappa shape index (κ3) is 4.07. The Bertz CT molecular complexity index is 526. The lowest BCUT2D eigenvalue weighted by molar-refractivity contribution is -0.135. The van der Waals surface area contributed by atoms with E-state index in [2.05, 4.69) is 21.0 Å². The van der Waals surface area contributed by atoms with Gasteiger partial charge in [0.25, 0.3) is 10.0 Å². The molecule has 0 aliphatic carbocycles. The van der Waals surface area contributed by atoms with Crippen LogP contribution >= 0.6 is 27.5 Å². The fraction of sp³-hybridized carbons (Fsp3) is 0.625. The zero-order chi connectivity index (χ0) is 14.8. The molecule has 0 fully saturated rings. The summed E-state index contributed by atoms with van der Waals surface area (Å²) in [6.45, 7) is -1.91. The zero-order valence-electron chi connectivity index (χ0n) is 9.65. The van der Waals surface area contributed by atoms with E-state index in [9.17, 15) is 21.6 Å². The number of nitrogens with zero attached hydrogens (tertiary/aromatic N) is 3. The Morgan fingerprint density at radius 1 is 1.53 bits per heavy atom. The Morgan fingerprint density at radius 2 is 2.11 bits per heavy atom. The maximum atomic E-state index is 12.4. The number of halogens is 5. The van der Waals surface area contributed by atoms with E-state index in [1.807, 2.05) is 0 Å². The van der Waals surface area contributed by atoms with Crippen LogP contribution in [0.4, 0.5) is 13.2 Å². The van der Waals surface area contributed by atoms with Crippen molar-refractivity contribution in [1.29, 1.82) is 0 Å². The van der Waals surface area contributed by atoms with Gasteiger partial charge in [0, 0.05) is 18.9 Å². The summed E-state index contributed by atoms with van der Waals surface area (Å²) in [5, 5.41) is 3.00. The molecule has 1 aromatic rings. The summed E-state index contributed by atoms with van der Waals surface area (Å²) in [6.07, 6.45) is -3.57. The average molecular weight is 385 g/mol. The summed E-state index contributed by atoms with van der Waals surface area (Å²) >= 11 is 8.58. The minimum absolute atomic E-state index is 0.0672. The average Bonchev–Trinajstić information content (AvgIpc) is 2.56. The van der Waals surface area contributed by atoms with Gasteiger partial charge >= 0.3 is 6.18 Å². The van der Waals surface area contributed by atoms with Crippen molar-refractivity contribution < 1.29 is 21.6 Å². The van der Waals surface area contributed by atoms with Crippen molar-refractivity contribution in [1.82, 2.24) is 14.1 Å². The lowest BCUT2D eigenvalue weighted by Gasteiger charge is -2.22. The molecule has 0 bridgehead atoms. The molecule has 1 heterocycles. The Morgan fingerprint density at radius 3 is 2.47 bits per heavy atom. The highest BCUT2D eigenvalue weighted by Crippen LogP contribution is 2.26. The van der Waals surface area contributed by atoms with Gasteiger partial charge in [0.1, 0.15) is 6.54 Å². The molecule has 0 aromatic carbocycles. The number of alkyl halides is 4. The molecule has 0 spiro atoms. The summed E-state index contributed by atoms with van der Waals surface area (Å²) in [5.41, 5.74) is 0. The molecule has 1 rings (SSSR count). The number of hydrogen-bond acceptors (Lipinski definition) is 3. The van der Waals surface area contributed by atoms with Crippen molar-refractivity contribution in [2.75, 3.05) is 18.4 Å². The second-order valence-electron chi connectivity index (χ2n) is 3.56. The first-order valence-electron chi connectivity index (χ1n) is 4.90. The van der Waals surface area contributed by atoms with Crippen LogP contribution in [0.3, 0.4) is 0 Å². The molecule has 0 aliphatic heterocycles. The highest BCUT2D eigenvalue weighted by molar-refractivity contribution is 9.09. The molecule has 0 unspecified atom stereocenters. The summed E-state index contributed by atoms with van der Waals surface area (Å²) in [4.78, 5) is 0. The number of rotatable bonds is 5. The summed E-state index contributed by atoms with van der Waals surface area (Å²) in [5.74, 6) is 0. The first-order valence-corrected chi connectivity index (χ1v) is 7.84. The Hall–Kier alpha value is -0.320. The standard InChI is InChI=1S/C8H10BrClF3N3O2S/c1-15-7(6(10)4-14-15)19(17,18)16(3-2-9)5-8(11,12)13/h4H,2-3,5H2,1H3. The second kappa shape index (κ2) is 5.98. The number of aromatic nitrogens is 2. The van der Waals surface area contributed by atoms with Crippen LogP contribution in [0, 0.1) is 0 Å². The maximum Gasteiger partial charge on any atom is 0.402 e. The molecular weight excluding hydrogens is 375 g/mol. The molecule has 0 atom stereocenters. The Balaban J connectivity index is 3.21. The predicted octanol–water partition coefficient (Wildman–Crippen LogP) is 2.02. The monoisotopic (exact) mass is 383 g/mol. The van der Waals surface area contributed by atoms with Gasteiger partial charge in [0.05, 0.1) is 11.2 Å². The van der Waals surface area contributed by atoms with Gasteiger partial charge in [-0.25, -0.2) is 8.42 Å². The third-order valence-electron chi connectivity index (χ3n) is 2.12. The van der Waals surface area contributed by atoms with Gasteiger partial charge in [-0.05, 0) is 0 Å². The Kier molecular flexibility index (Phi) is 5.27. The van der Waals surface area contributed by atoms with Crippen LogP contribution in [0.1, 0.15) is 0 Å². The number of hydrogen-bond donors (Lipinski definition) is 0. The molecule has 0 radical (unpaired) electrons. The first kappa shape index (κ1) is 16.7. The van der Waals surface area contributed by atoms with Gasteiger partial charge < -0.3 is 0 Å². The van der Waals surface area contributed by atoms with Crippen molar-refractivity contribution in [3.05, 3.63) is 11.2 Å². The van der Waals surface area contributed by atoms with Gasteiger partial charge in [0.2, 0.25) is 0 Å². The number of sulfonamides is 1. The van der Waals surface area contributed by atoms with E-state index in [0.29, 0.717) is 4.31 Å². The minimum Gasteiger partial charge on any atom is -0.255 e. The van der Waals surface area contributed by atoms with Crippen LogP contribution in [0.5, 0.6) is 0 Å². The van der Waals surface area contributed by atoms with E-state index < -0.39 is 27.8 Å². The van der Waals surface area contributed by atoms with Crippen molar-refractivity contribution in [3.63, 3.8) is 0 Å². The summed E-state index contributed by atoms with van der Waals surface area (Å²) < 4.78 is 62.8. The van der Waals surface area contributed by atoms with Crippen LogP contribution in [-0.2, 0) is 17.1 Å². The molecule has 0 amide bonds. The van der Waals surface area contributed by atoms with E-state index in [1.54, 1.807) is 0 Å². The van der Waals surface area contributed by atoms with Crippen LogP contribution < -0.4 is 0 Å². The third-order valence-corrected chi connectivity index (χ3v) is 4.82. The van der Waals surface area contributed by atoms with E-state index in [4.69, 9.17) is 11.6 Å². The highest BCUT2D eigenvalue weighted by atomic mass is 79.9. The summed E-state index contributed by atoms with van der Waals surface area (Å²) in [7, 11) is -3.07. The maximum absolute atomic E-state index is 12.4. The fourth-order valence-electron chi connectivity index (χ4n) is 1.39. The van der Waals surface area contributed by atoms with Crippen LogP contribution in [0.15, 0.2) is 11.2 Å². The van der Waals surface area contributed by atoms with E-state index in [1.165, 1.54) is 7.05 Å². The van der Waals surface area contributed by atoms with Crippen LogP contribution in [0.2, 0.25) is 5.02 Å². The molecular formula is C8H10BrClF3N3O2S. The van der Waals surface area contributed by atoms with Gasteiger partial charge in [-0.15, -0.1) is 0 Å². The van der Waals surface area contributed by atoms with Crippen molar-refractivity contribution in [2.24, 2.45) is 7.05 Å². The zero-order valence-corrected chi connectivity index (χ0v) is 12.8. The second-order valence-corrected chi connectivity index (χ2v) is 6.62. The first-order chi connectivity index (χ1) is 8.59. The molecule has 0 saturated carbocycles. The molecule has 5 nitrogen and oxygen atoms in total. The van der Waals surface area contributed by atoms with Gasteiger partial charge in [-0.2, -0.15) is 22.6 Å². The molecule has 0 saturated heterocycles. The highest BCUT2D eigenvalue weighted by Gasteiger charge is 2.38. The summed E-state index contributed by atoms with van der Waals surface area (Å²) in [6, 6.07) is 0. The van der Waals surface area contributed by atoms with Crippen molar-refractivity contribution in [2.45, 2.75) is 11.2 Å². The van der Waals surface area contributed by atoms with Crippen molar-refractivity contribution in [3.8, 4) is 0 Å². The SMILES string of the molecule is Cn1ncc(Cl)c1S(=O)(=O)N(CCBr)CC(F)(F)F. The molecule has 0 aliphatic rings. The molecule has 1 aromatic heterocycles. The fourth-order valence-corrected chi connectivity index (χ4v) is 4.08. The smallest absolute Gasteiger partial charge is 0.255 e. The molecule has 19 heavy (non-hydrogen) atoms. The predicted molar refractivity (Wildman–Crippen MR) is 66.8 cm³/mol. The van der Waals surface area contributed by atoms with Crippen molar-refractivity contribution >= 4 is 37.6 Å². The van der Waals surface area contributed by atoms with Gasteiger partial charge in [-0.3, -0.25) is 4.68 Å². The van der Waals surface area contributed by atoms with Crippen LogP contribution in [0.25, 0.3) is 0 Å². The topological polar surface area (TPSA) is 55.2 Å². The van der Waals surface area contributed by atoms with E-state index in [-0.39, 0.29) is 16.9 Å². The van der Waals surface area contributed by atoms with Crippen LogP contribution in [-0.4, -0.2) is 47.1 Å². The van der Waals surface area contributed by atoms with E-state index in [0.717, 1.165) is 10.9 Å². The largest absolute Gasteiger partial charge is 0.402 e. The molecule has 11 heteroatoms. The Labute approximate surface area is 121 Å². The quantitative estimate of drug-likeness (QED) is 0.730.